The zero-order valence-corrected chi connectivity index (χ0v) is 14.4. The second-order valence-corrected chi connectivity index (χ2v) is 5.53. The van der Waals surface area contributed by atoms with E-state index in [4.69, 9.17) is 9.47 Å². The van der Waals surface area contributed by atoms with Crippen LogP contribution in [0, 0.1) is 11.6 Å². The molecule has 0 aromatic heterocycles. The molecular formula is C19H19F2NO4. The zero-order chi connectivity index (χ0) is 19.1. The summed E-state index contributed by atoms with van der Waals surface area (Å²) in [5.41, 5.74) is -0.0826. The predicted molar refractivity (Wildman–Crippen MR) is 92.1 cm³/mol. The van der Waals surface area contributed by atoms with Gasteiger partial charge in [-0.3, -0.25) is 4.79 Å². The summed E-state index contributed by atoms with van der Waals surface area (Å²) in [6, 6.07) is 8.95. The molecule has 5 nitrogen and oxygen atoms in total. The Balaban J connectivity index is 1.95. The van der Waals surface area contributed by atoms with Gasteiger partial charge < -0.3 is 14.8 Å². The molecule has 2 rings (SSSR count). The zero-order valence-electron chi connectivity index (χ0n) is 14.4. The molecule has 0 unspecified atom stereocenters. The van der Waals surface area contributed by atoms with Crippen LogP contribution >= 0.6 is 0 Å². The van der Waals surface area contributed by atoms with Gasteiger partial charge in [0.1, 0.15) is 17.4 Å². The van der Waals surface area contributed by atoms with Crippen molar-refractivity contribution >= 4 is 17.6 Å². The largest absolute Gasteiger partial charge is 0.494 e. The Labute approximate surface area is 149 Å². The third-order valence-corrected chi connectivity index (χ3v) is 3.40. The molecule has 2 aromatic carbocycles. The monoisotopic (exact) mass is 363 g/mol. The summed E-state index contributed by atoms with van der Waals surface area (Å²) in [5.74, 6) is -2.35. The van der Waals surface area contributed by atoms with Crippen molar-refractivity contribution in [3.05, 3.63) is 59.7 Å². The van der Waals surface area contributed by atoms with Crippen molar-refractivity contribution in [3.63, 3.8) is 0 Å². The number of hydrogen-bond acceptors (Lipinski definition) is 4. The van der Waals surface area contributed by atoms with Crippen molar-refractivity contribution < 1.29 is 27.8 Å². The van der Waals surface area contributed by atoms with E-state index in [0.717, 1.165) is 24.6 Å². The Morgan fingerprint density at radius 3 is 2.46 bits per heavy atom. The molecule has 0 saturated carbocycles. The van der Waals surface area contributed by atoms with Crippen molar-refractivity contribution in [3.8, 4) is 5.75 Å². The number of ether oxygens (including phenoxy) is 2. The highest BCUT2D eigenvalue weighted by Gasteiger charge is 2.20. The number of anilines is 1. The van der Waals surface area contributed by atoms with Crippen molar-refractivity contribution in [2.24, 2.45) is 0 Å². The van der Waals surface area contributed by atoms with Crippen LogP contribution in [0.1, 0.15) is 30.6 Å². The van der Waals surface area contributed by atoms with Gasteiger partial charge in [-0.1, -0.05) is 6.92 Å². The second-order valence-electron chi connectivity index (χ2n) is 5.53. The fourth-order valence-corrected chi connectivity index (χ4v) is 2.02. The van der Waals surface area contributed by atoms with E-state index in [2.05, 4.69) is 5.32 Å². The van der Waals surface area contributed by atoms with Crippen molar-refractivity contribution in [1.82, 2.24) is 0 Å². The minimum atomic E-state index is -1.19. The highest BCUT2D eigenvalue weighted by Crippen LogP contribution is 2.17. The summed E-state index contributed by atoms with van der Waals surface area (Å²) in [6.45, 7) is 3.88. The minimum Gasteiger partial charge on any atom is -0.494 e. The fourth-order valence-electron chi connectivity index (χ4n) is 2.02. The van der Waals surface area contributed by atoms with E-state index in [0.29, 0.717) is 12.4 Å². The number of nitrogens with one attached hydrogen (secondary N) is 1. The van der Waals surface area contributed by atoms with Gasteiger partial charge in [0.2, 0.25) is 0 Å². The standard InChI is InChI=1S/C19H19F2NO4/c1-3-10-25-15-7-4-13(5-8-15)19(24)26-12(2)18(23)22-17-11-14(20)6-9-16(17)21/h4-9,11-12H,3,10H2,1-2H3,(H,22,23)/t12-/m1/s1. The van der Waals surface area contributed by atoms with Crippen LogP contribution < -0.4 is 10.1 Å². The van der Waals surface area contributed by atoms with Gasteiger partial charge in [0.05, 0.1) is 17.9 Å². The molecule has 138 valence electrons. The van der Waals surface area contributed by atoms with Crippen LogP contribution in [0.4, 0.5) is 14.5 Å². The highest BCUT2D eigenvalue weighted by atomic mass is 19.1. The van der Waals surface area contributed by atoms with Crippen molar-refractivity contribution in [2.45, 2.75) is 26.4 Å². The van der Waals surface area contributed by atoms with E-state index < -0.39 is 29.6 Å². The molecular weight excluding hydrogens is 344 g/mol. The maximum Gasteiger partial charge on any atom is 0.338 e. The van der Waals surface area contributed by atoms with Gasteiger partial charge in [0, 0.05) is 6.07 Å². The first-order valence-corrected chi connectivity index (χ1v) is 8.10. The van der Waals surface area contributed by atoms with Crippen LogP contribution in [0.25, 0.3) is 0 Å². The normalized spacial score (nSPS) is 11.5. The summed E-state index contributed by atoms with van der Waals surface area (Å²) in [5, 5.41) is 2.19. The quantitative estimate of drug-likeness (QED) is 0.757. The topological polar surface area (TPSA) is 64.6 Å². The minimum absolute atomic E-state index is 0.241. The van der Waals surface area contributed by atoms with E-state index in [1.165, 1.54) is 19.1 Å². The Hall–Kier alpha value is -2.96. The molecule has 26 heavy (non-hydrogen) atoms. The van der Waals surface area contributed by atoms with Crippen LogP contribution in [0.3, 0.4) is 0 Å². The molecule has 0 saturated heterocycles. The van der Waals surface area contributed by atoms with E-state index in [9.17, 15) is 18.4 Å². The van der Waals surface area contributed by atoms with Crippen LogP contribution in [0.5, 0.6) is 5.75 Å². The van der Waals surface area contributed by atoms with Crippen LogP contribution in [-0.2, 0) is 9.53 Å². The summed E-state index contributed by atoms with van der Waals surface area (Å²) in [6.07, 6.45) is -0.330. The third kappa shape index (κ3) is 5.27. The van der Waals surface area contributed by atoms with Crippen LogP contribution in [0.2, 0.25) is 0 Å². The second kappa shape index (κ2) is 8.94. The van der Waals surface area contributed by atoms with Crippen LogP contribution in [0.15, 0.2) is 42.5 Å². The van der Waals surface area contributed by atoms with Gasteiger partial charge >= 0.3 is 5.97 Å². The van der Waals surface area contributed by atoms with E-state index >= 15 is 0 Å². The van der Waals surface area contributed by atoms with E-state index in [1.807, 2.05) is 6.92 Å². The van der Waals surface area contributed by atoms with Crippen molar-refractivity contribution in [2.75, 3.05) is 11.9 Å². The summed E-state index contributed by atoms with van der Waals surface area (Å²) in [4.78, 5) is 24.1. The summed E-state index contributed by atoms with van der Waals surface area (Å²) >= 11 is 0. The van der Waals surface area contributed by atoms with Gasteiger partial charge in [0.15, 0.2) is 6.10 Å². The first kappa shape index (κ1) is 19.4. The number of hydrogen-bond donors (Lipinski definition) is 1. The third-order valence-electron chi connectivity index (χ3n) is 3.40. The molecule has 0 aliphatic rings. The Bertz CT molecular complexity index is 778. The first-order chi connectivity index (χ1) is 12.4. The number of rotatable bonds is 7. The Morgan fingerprint density at radius 2 is 1.81 bits per heavy atom. The number of carbonyl (C=O) groups excluding carboxylic acids is 2. The summed E-state index contributed by atoms with van der Waals surface area (Å²) in [7, 11) is 0. The number of esters is 1. The smallest absolute Gasteiger partial charge is 0.338 e. The molecule has 7 heteroatoms. The van der Waals surface area contributed by atoms with E-state index in [1.54, 1.807) is 12.1 Å². The highest BCUT2D eigenvalue weighted by molar-refractivity contribution is 5.97. The Morgan fingerprint density at radius 1 is 1.12 bits per heavy atom. The molecule has 0 radical (unpaired) electrons. The van der Waals surface area contributed by atoms with Crippen molar-refractivity contribution in [1.29, 1.82) is 0 Å². The molecule has 1 N–H and O–H groups in total. The number of benzene rings is 2. The molecule has 2 aromatic rings. The molecule has 0 fully saturated rings. The lowest BCUT2D eigenvalue weighted by Gasteiger charge is -2.14. The molecule has 0 bridgehead atoms. The lowest BCUT2D eigenvalue weighted by Crippen LogP contribution is -2.30. The molecule has 0 aliphatic heterocycles. The SMILES string of the molecule is CCCOc1ccc(C(=O)O[C@H](C)C(=O)Nc2cc(F)ccc2F)cc1. The van der Waals surface area contributed by atoms with Gasteiger partial charge in [-0.2, -0.15) is 0 Å². The molecule has 0 heterocycles. The number of carbonyl (C=O) groups is 2. The number of halogens is 2. The van der Waals surface area contributed by atoms with Gasteiger partial charge in [-0.15, -0.1) is 0 Å². The van der Waals surface area contributed by atoms with Crippen LogP contribution in [-0.4, -0.2) is 24.6 Å². The van der Waals surface area contributed by atoms with E-state index in [-0.39, 0.29) is 11.3 Å². The maximum absolute atomic E-state index is 13.5. The average molecular weight is 363 g/mol. The maximum atomic E-state index is 13.5. The molecule has 1 atom stereocenters. The fraction of sp³-hybridized carbons (Fsp3) is 0.263. The molecule has 0 spiro atoms. The average Bonchev–Trinajstić information content (AvgIpc) is 2.63. The Kier molecular flexibility index (Phi) is 6.66. The lowest BCUT2D eigenvalue weighted by molar-refractivity contribution is -0.123. The number of amides is 1. The lowest BCUT2D eigenvalue weighted by atomic mass is 10.2. The summed E-state index contributed by atoms with van der Waals surface area (Å²) < 4.78 is 37.1. The van der Waals surface area contributed by atoms with Gasteiger partial charge in [-0.25, -0.2) is 13.6 Å². The molecule has 1 amide bonds. The van der Waals surface area contributed by atoms with Gasteiger partial charge in [0.25, 0.3) is 5.91 Å². The predicted octanol–water partition coefficient (Wildman–Crippen LogP) is 3.94. The molecule has 0 aliphatic carbocycles. The van der Waals surface area contributed by atoms with Gasteiger partial charge in [-0.05, 0) is 49.7 Å². The first-order valence-electron chi connectivity index (χ1n) is 8.10.